The quantitative estimate of drug-likeness (QED) is 0.900. The van der Waals surface area contributed by atoms with Crippen molar-refractivity contribution < 1.29 is 4.74 Å². The van der Waals surface area contributed by atoms with Gasteiger partial charge in [-0.05, 0) is 37.5 Å². The summed E-state index contributed by atoms with van der Waals surface area (Å²) < 4.78 is 5.25. The molecule has 118 valence electrons. The molecule has 0 spiro atoms. The molecule has 0 aliphatic carbocycles. The van der Waals surface area contributed by atoms with Gasteiger partial charge in [-0.15, -0.1) is 0 Å². The summed E-state index contributed by atoms with van der Waals surface area (Å²) in [5.74, 6) is 1.64. The van der Waals surface area contributed by atoms with Crippen molar-refractivity contribution in [2.75, 3.05) is 20.2 Å². The summed E-state index contributed by atoms with van der Waals surface area (Å²) in [5.41, 5.74) is 1.55. The summed E-state index contributed by atoms with van der Waals surface area (Å²) in [5, 5.41) is 3.70. The SMILES string of the molecule is CCC(C)C1CNC(C)(C)CN1Cc1ccc(OC)cc1. The minimum atomic E-state index is 0.191. The second-order valence-electron chi connectivity index (χ2n) is 6.97. The minimum absolute atomic E-state index is 0.191. The zero-order valence-electron chi connectivity index (χ0n) is 14.1. The van der Waals surface area contributed by atoms with Crippen LogP contribution >= 0.6 is 0 Å². The number of ether oxygens (including phenoxy) is 1. The van der Waals surface area contributed by atoms with Crippen LogP contribution in [0.3, 0.4) is 0 Å². The van der Waals surface area contributed by atoms with Crippen molar-refractivity contribution in [2.24, 2.45) is 5.92 Å². The summed E-state index contributed by atoms with van der Waals surface area (Å²) in [6.45, 7) is 12.4. The number of nitrogens with one attached hydrogen (secondary N) is 1. The number of benzene rings is 1. The Bertz CT molecular complexity index is 441. The Labute approximate surface area is 129 Å². The highest BCUT2D eigenvalue weighted by atomic mass is 16.5. The fourth-order valence-corrected chi connectivity index (χ4v) is 3.16. The molecule has 21 heavy (non-hydrogen) atoms. The molecule has 1 aliphatic rings. The molecule has 1 aromatic rings. The summed E-state index contributed by atoms with van der Waals surface area (Å²) in [6, 6.07) is 9.09. The summed E-state index contributed by atoms with van der Waals surface area (Å²) in [6.07, 6.45) is 1.23. The van der Waals surface area contributed by atoms with E-state index in [-0.39, 0.29) is 5.54 Å². The van der Waals surface area contributed by atoms with Crippen molar-refractivity contribution in [2.45, 2.75) is 52.2 Å². The van der Waals surface area contributed by atoms with Gasteiger partial charge in [-0.3, -0.25) is 4.90 Å². The lowest BCUT2D eigenvalue weighted by Crippen LogP contribution is -2.62. The van der Waals surface area contributed by atoms with Crippen LogP contribution in [0.4, 0.5) is 0 Å². The van der Waals surface area contributed by atoms with Gasteiger partial charge in [0.1, 0.15) is 5.75 Å². The molecule has 1 heterocycles. The summed E-state index contributed by atoms with van der Waals surface area (Å²) in [7, 11) is 1.72. The zero-order chi connectivity index (χ0) is 15.5. The average Bonchev–Trinajstić information content (AvgIpc) is 2.46. The molecule has 0 saturated carbocycles. The van der Waals surface area contributed by atoms with Crippen LogP contribution in [0.1, 0.15) is 39.7 Å². The van der Waals surface area contributed by atoms with E-state index in [1.807, 2.05) is 0 Å². The molecule has 1 N–H and O–H groups in total. The van der Waals surface area contributed by atoms with Crippen molar-refractivity contribution in [3.8, 4) is 5.75 Å². The van der Waals surface area contributed by atoms with E-state index in [4.69, 9.17) is 4.74 Å². The Morgan fingerprint density at radius 3 is 2.57 bits per heavy atom. The number of piperazine rings is 1. The Hall–Kier alpha value is -1.06. The first kappa shape index (κ1) is 16.3. The average molecular weight is 290 g/mol. The maximum Gasteiger partial charge on any atom is 0.118 e. The van der Waals surface area contributed by atoms with E-state index in [1.165, 1.54) is 12.0 Å². The van der Waals surface area contributed by atoms with Crippen LogP contribution in [0.15, 0.2) is 24.3 Å². The molecular formula is C18H30N2O. The molecule has 2 rings (SSSR count). The van der Waals surface area contributed by atoms with Crippen LogP contribution in [0.5, 0.6) is 5.75 Å². The second-order valence-corrected chi connectivity index (χ2v) is 6.97. The van der Waals surface area contributed by atoms with Gasteiger partial charge in [0.15, 0.2) is 0 Å². The van der Waals surface area contributed by atoms with Crippen molar-refractivity contribution in [1.29, 1.82) is 0 Å². The fourth-order valence-electron chi connectivity index (χ4n) is 3.16. The number of hydrogen-bond donors (Lipinski definition) is 1. The van der Waals surface area contributed by atoms with Crippen molar-refractivity contribution in [3.63, 3.8) is 0 Å². The molecular weight excluding hydrogens is 260 g/mol. The molecule has 1 saturated heterocycles. The van der Waals surface area contributed by atoms with Gasteiger partial charge < -0.3 is 10.1 Å². The first-order valence-corrected chi connectivity index (χ1v) is 8.07. The second kappa shape index (κ2) is 6.80. The van der Waals surface area contributed by atoms with Gasteiger partial charge >= 0.3 is 0 Å². The molecule has 3 heteroatoms. The third kappa shape index (κ3) is 4.21. The smallest absolute Gasteiger partial charge is 0.118 e. The largest absolute Gasteiger partial charge is 0.497 e. The van der Waals surface area contributed by atoms with E-state index in [9.17, 15) is 0 Å². The Morgan fingerprint density at radius 1 is 1.33 bits per heavy atom. The van der Waals surface area contributed by atoms with E-state index >= 15 is 0 Å². The van der Waals surface area contributed by atoms with Gasteiger partial charge in [-0.1, -0.05) is 32.4 Å². The number of nitrogens with zero attached hydrogens (tertiary/aromatic N) is 1. The van der Waals surface area contributed by atoms with Gasteiger partial charge in [-0.25, -0.2) is 0 Å². The molecule has 0 aromatic heterocycles. The van der Waals surface area contributed by atoms with Gasteiger partial charge in [0.05, 0.1) is 7.11 Å². The number of hydrogen-bond acceptors (Lipinski definition) is 3. The van der Waals surface area contributed by atoms with Crippen molar-refractivity contribution in [3.05, 3.63) is 29.8 Å². The van der Waals surface area contributed by atoms with Crippen LogP contribution in [-0.4, -0.2) is 36.7 Å². The molecule has 1 fully saturated rings. The van der Waals surface area contributed by atoms with Gasteiger partial charge in [0, 0.05) is 31.2 Å². The van der Waals surface area contributed by atoms with E-state index < -0.39 is 0 Å². The van der Waals surface area contributed by atoms with Crippen LogP contribution in [-0.2, 0) is 6.54 Å². The maximum atomic E-state index is 5.25. The lowest BCUT2D eigenvalue weighted by atomic mass is 9.90. The Morgan fingerprint density at radius 2 is 2.00 bits per heavy atom. The monoisotopic (exact) mass is 290 g/mol. The van der Waals surface area contributed by atoms with Crippen LogP contribution < -0.4 is 10.1 Å². The highest BCUT2D eigenvalue weighted by Gasteiger charge is 2.34. The van der Waals surface area contributed by atoms with E-state index in [1.54, 1.807) is 7.11 Å². The Kier molecular flexibility index (Phi) is 5.28. The molecule has 1 aromatic carbocycles. The predicted octanol–water partition coefficient (Wildman–Crippen LogP) is 3.29. The van der Waals surface area contributed by atoms with Crippen molar-refractivity contribution >= 4 is 0 Å². The highest BCUT2D eigenvalue weighted by Crippen LogP contribution is 2.24. The van der Waals surface area contributed by atoms with Gasteiger partial charge in [0.2, 0.25) is 0 Å². The lowest BCUT2D eigenvalue weighted by Gasteiger charge is -2.47. The van der Waals surface area contributed by atoms with Crippen LogP contribution in [0.25, 0.3) is 0 Å². The third-order valence-corrected chi connectivity index (χ3v) is 4.70. The summed E-state index contributed by atoms with van der Waals surface area (Å²) >= 11 is 0. The maximum absolute atomic E-state index is 5.25. The highest BCUT2D eigenvalue weighted by molar-refractivity contribution is 5.27. The molecule has 0 bridgehead atoms. The van der Waals surface area contributed by atoms with Crippen molar-refractivity contribution in [1.82, 2.24) is 10.2 Å². The fraction of sp³-hybridized carbons (Fsp3) is 0.667. The standard InChI is InChI=1S/C18H30N2O/c1-6-14(2)17-11-19-18(3,4)13-20(17)12-15-7-9-16(21-5)10-8-15/h7-10,14,17,19H,6,11-13H2,1-5H3. The van der Waals surface area contributed by atoms with Crippen LogP contribution in [0.2, 0.25) is 0 Å². The van der Waals surface area contributed by atoms with E-state index in [2.05, 4.69) is 62.2 Å². The normalized spacial score (nSPS) is 23.8. The molecule has 0 radical (unpaired) electrons. The first-order chi connectivity index (χ1) is 9.95. The first-order valence-electron chi connectivity index (χ1n) is 8.07. The molecule has 2 unspecified atom stereocenters. The van der Waals surface area contributed by atoms with E-state index in [0.717, 1.165) is 25.4 Å². The molecule has 2 atom stereocenters. The zero-order valence-corrected chi connectivity index (χ0v) is 14.1. The van der Waals surface area contributed by atoms with Crippen LogP contribution in [0, 0.1) is 5.92 Å². The molecule has 3 nitrogen and oxygen atoms in total. The topological polar surface area (TPSA) is 24.5 Å². The minimum Gasteiger partial charge on any atom is -0.497 e. The predicted molar refractivity (Wildman–Crippen MR) is 88.7 cm³/mol. The van der Waals surface area contributed by atoms with E-state index in [0.29, 0.717) is 12.0 Å². The van der Waals surface area contributed by atoms with Gasteiger partial charge in [-0.2, -0.15) is 0 Å². The Balaban J connectivity index is 2.11. The molecule has 0 amide bonds. The lowest BCUT2D eigenvalue weighted by molar-refractivity contribution is 0.0571. The van der Waals surface area contributed by atoms with Gasteiger partial charge in [0.25, 0.3) is 0 Å². The third-order valence-electron chi connectivity index (χ3n) is 4.70. The number of methoxy groups -OCH3 is 1. The summed E-state index contributed by atoms with van der Waals surface area (Å²) in [4.78, 5) is 2.65. The molecule has 1 aliphatic heterocycles. The number of rotatable bonds is 5.